The van der Waals surface area contributed by atoms with Crippen molar-refractivity contribution < 1.29 is 119 Å². The number of alkyl halides is 24. The first-order chi connectivity index (χ1) is 40.1. The molecule has 8 aromatic carbocycles. The van der Waals surface area contributed by atoms with Gasteiger partial charge in [-0.3, -0.25) is 4.98 Å². The van der Waals surface area contributed by atoms with E-state index < -0.39 is 201 Å². The number of fused-ring (bicyclic) bond motifs is 3. The minimum Gasteiger partial charge on any atom is -0.418 e. The van der Waals surface area contributed by atoms with Crippen LogP contribution >= 0.6 is 0 Å². The highest BCUT2D eigenvalue weighted by Gasteiger charge is 2.47. The summed E-state index contributed by atoms with van der Waals surface area (Å²) in [5, 5.41) is 4.13. The minimum absolute atomic E-state index is 0.401. The number of hydrogen-bond donors (Lipinski definition) is 0. The number of carbonyl (C=O) groups is 1. The smallest absolute Gasteiger partial charge is 0.416 e. The van der Waals surface area contributed by atoms with Crippen LogP contribution in [0.4, 0.5) is 105 Å². The first-order valence-corrected chi connectivity index (χ1v) is 24.4. The summed E-state index contributed by atoms with van der Waals surface area (Å²) in [6, 6.07) is 19.2. The molecule has 456 valence electrons. The number of nitrogens with zero attached hydrogens (tertiary/aromatic N) is 2. The second-order valence-electron chi connectivity index (χ2n) is 19.3. The van der Waals surface area contributed by atoms with Crippen LogP contribution in [-0.4, -0.2) is 17.1 Å². The van der Waals surface area contributed by atoms with E-state index in [0.29, 0.717) is 18.0 Å². The van der Waals surface area contributed by atoms with Gasteiger partial charge in [-0.1, -0.05) is 127 Å². The number of carbonyl (C=O) groups excluding carboxylic acids is 1. The fourth-order valence-electron chi connectivity index (χ4n) is 9.80. The summed E-state index contributed by atoms with van der Waals surface area (Å²) >= 11 is 0. The average molecular weight is 1250 g/mol. The van der Waals surface area contributed by atoms with Crippen molar-refractivity contribution in [3.8, 4) is 5.75 Å². The van der Waals surface area contributed by atoms with E-state index in [2.05, 4.69) is 17.1 Å². The fourth-order valence-corrected chi connectivity index (χ4v) is 9.80. The van der Waals surface area contributed by atoms with Gasteiger partial charge in [0.2, 0.25) is 0 Å². The number of aromatic nitrogens is 2. The van der Waals surface area contributed by atoms with Crippen molar-refractivity contribution in [3.05, 3.63) is 232 Å². The molecule has 0 unspecified atom stereocenters. The van der Waals surface area contributed by atoms with Gasteiger partial charge < -0.3 is 4.74 Å². The van der Waals surface area contributed by atoms with Crippen molar-refractivity contribution in [2.75, 3.05) is 0 Å². The molecule has 0 aliphatic rings. The number of ether oxygens (including phenoxy) is 1. The zero-order chi connectivity index (χ0) is 64.3. The second-order valence-corrected chi connectivity index (χ2v) is 19.3. The van der Waals surface area contributed by atoms with Gasteiger partial charge in [0.25, 0.3) is 0 Å². The van der Waals surface area contributed by atoms with Crippen LogP contribution in [0, 0.1) is 0 Å². The molecule has 29 heteroatoms. The Kier molecular flexibility index (Phi) is 16.8. The maximum Gasteiger partial charge on any atom is 0.416 e. The molecule has 0 aliphatic heterocycles. The highest BCUT2D eigenvalue weighted by molar-refractivity contribution is 7.20. The topological polar surface area (TPSA) is 43.1 Å². The summed E-state index contributed by atoms with van der Waals surface area (Å²) in [7, 11) is 0. The van der Waals surface area contributed by atoms with E-state index in [1.807, 2.05) is 77.4 Å². The Labute approximate surface area is 472 Å². The van der Waals surface area contributed by atoms with Gasteiger partial charge in [-0.05, 0) is 46.5 Å². The molecular weight excluding hydrogens is 1220 g/mol. The van der Waals surface area contributed by atoms with Gasteiger partial charge in [-0.15, -0.1) is 0 Å². The molecule has 0 saturated carbocycles. The van der Waals surface area contributed by atoms with Gasteiger partial charge in [-0.2, -0.15) is 132 Å². The van der Waals surface area contributed by atoms with Gasteiger partial charge in [0.1, 0.15) is 18.1 Å². The lowest BCUT2D eigenvalue weighted by molar-refractivity contribution is -0.691. The van der Waals surface area contributed by atoms with Crippen LogP contribution in [0.1, 0.15) is 60.6 Å². The molecule has 0 aliphatic carbocycles. The molecule has 0 radical (unpaired) electrons. The fraction of sp³-hybridized carbons (Fsp3) is 0.155. The zero-order valence-corrected chi connectivity index (χ0v) is 42.8. The van der Waals surface area contributed by atoms with Gasteiger partial charge in [0, 0.05) is 10.9 Å². The lowest BCUT2D eigenvalue weighted by Gasteiger charge is -2.46. The number of esters is 1. The molecule has 0 saturated heterocycles. The summed E-state index contributed by atoms with van der Waals surface area (Å²) in [6.45, 7) is 0.562. The molecular formula is C58H31BF24N2O2. The first-order valence-electron chi connectivity index (χ1n) is 24.4. The highest BCUT2D eigenvalue weighted by Crippen LogP contribution is 2.42. The zero-order valence-electron chi connectivity index (χ0n) is 42.8. The third-order valence-corrected chi connectivity index (χ3v) is 13.6. The van der Waals surface area contributed by atoms with E-state index in [0.717, 1.165) is 27.1 Å². The predicted molar refractivity (Wildman–Crippen MR) is 266 cm³/mol. The van der Waals surface area contributed by atoms with Crippen molar-refractivity contribution in [3.63, 3.8) is 0 Å². The van der Waals surface area contributed by atoms with Crippen LogP contribution in [0.5, 0.6) is 5.75 Å². The average Bonchev–Trinajstić information content (AvgIpc) is 0.743. The van der Waals surface area contributed by atoms with Crippen molar-refractivity contribution in [1.82, 2.24) is 4.98 Å². The van der Waals surface area contributed by atoms with Crippen molar-refractivity contribution in [1.29, 1.82) is 0 Å². The number of rotatable bonds is 8. The quantitative estimate of drug-likeness (QED) is 0.0380. The SMILES string of the molecule is FC(F)(F)c1cc([B-](c2cc(C(F)(F)F)cc(C(F)(F)F)c2)(c2cc(C(F)(F)F)cc(C(F)(F)F)c2)c2cc(C(F)(F)F)cc(C(F)(F)F)c2)cc(C(F)(F)F)c1.O=C(Oc1cc2ccccc2c2ccccc12)c1cncc[n+]1Cc1ccccc1. The van der Waals surface area contributed by atoms with E-state index in [1.165, 1.54) is 0 Å². The normalized spacial score (nSPS) is 13.1. The largest absolute Gasteiger partial charge is 0.418 e. The van der Waals surface area contributed by atoms with Crippen LogP contribution in [-0.2, 0) is 56.0 Å². The lowest BCUT2D eigenvalue weighted by Crippen LogP contribution is -2.75. The lowest BCUT2D eigenvalue weighted by atomic mass is 9.12. The molecule has 1 aromatic heterocycles. The third kappa shape index (κ3) is 14.1. The molecule has 4 nitrogen and oxygen atoms in total. The van der Waals surface area contributed by atoms with E-state index in [9.17, 15) is 110 Å². The summed E-state index contributed by atoms with van der Waals surface area (Å²) in [5.41, 5.74) is -28.7. The summed E-state index contributed by atoms with van der Waals surface area (Å²) in [4.78, 5) is 17.3. The Morgan fingerprint density at radius 2 is 0.690 bits per heavy atom. The molecule has 0 bridgehead atoms. The molecule has 0 amide bonds. The van der Waals surface area contributed by atoms with Crippen LogP contribution in [0.15, 0.2) is 176 Å². The Morgan fingerprint density at radius 1 is 0.379 bits per heavy atom. The second kappa shape index (κ2) is 22.8. The van der Waals surface area contributed by atoms with Crippen molar-refractivity contribution >= 4 is 55.5 Å². The first kappa shape index (κ1) is 64.2. The number of hydrogen-bond acceptors (Lipinski definition) is 3. The Hall–Kier alpha value is -8.79. The van der Waals surface area contributed by atoms with Gasteiger partial charge >= 0.3 is 61.1 Å². The van der Waals surface area contributed by atoms with E-state index in [4.69, 9.17) is 4.74 Å². The van der Waals surface area contributed by atoms with Crippen LogP contribution < -0.4 is 31.2 Å². The Morgan fingerprint density at radius 3 is 1.03 bits per heavy atom. The third-order valence-electron chi connectivity index (χ3n) is 13.6. The van der Waals surface area contributed by atoms with Gasteiger partial charge in [-0.25, -0.2) is 4.79 Å². The van der Waals surface area contributed by atoms with E-state index >= 15 is 0 Å². The summed E-state index contributed by atoms with van der Waals surface area (Å²) in [6.07, 6.45) is -49.8. The molecule has 1 heterocycles. The molecule has 0 atom stereocenters. The van der Waals surface area contributed by atoms with E-state index in [1.54, 1.807) is 18.6 Å². The van der Waals surface area contributed by atoms with Crippen LogP contribution in [0.3, 0.4) is 0 Å². The van der Waals surface area contributed by atoms with Crippen molar-refractivity contribution in [2.45, 2.75) is 56.0 Å². The maximum atomic E-state index is 14.2. The Balaban J connectivity index is 0.000000271. The number of benzene rings is 8. The summed E-state index contributed by atoms with van der Waals surface area (Å²) < 4.78 is 349. The standard InChI is InChI=1S/C32H12BF24.C26H19N2O2/c34-25(35,36)13-1-14(26(37,38)39)6-21(5-13)33(22-7-15(27(40,41)42)2-16(8-22)28(43,44)45,23-9-17(29(46,47)48)3-18(10-23)30(49,50)51)24-11-19(31(52,53)54)4-20(12-24)32(55,56)57;29-26(24-17-27-14-15-28(24)18-19-8-2-1-3-9-19)30-25-16-20-10-4-5-11-21(20)22-12-6-7-13-23(22)25/h1-12H;1-17H,18H2/q-1;+1. The molecule has 0 fully saturated rings. The highest BCUT2D eigenvalue weighted by atomic mass is 19.4. The van der Waals surface area contributed by atoms with Crippen LogP contribution in [0.2, 0.25) is 0 Å². The molecule has 0 spiro atoms. The van der Waals surface area contributed by atoms with Gasteiger partial charge in [0.15, 0.2) is 12.7 Å². The number of halogens is 24. The van der Waals surface area contributed by atoms with Crippen LogP contribution in [0.25, 0.3) is 21.5 Å². The summed E-state index contributed by atoms with van der Waals surface area (Å²) in [5.74, 6) is 0.115. The predicted octanol–water partition coefficient (Wildman–Crippen LogP) is 16.2. The maximum absolute atomic E-state index is 14.2. The molecule has 0 N–H and O–H groups in total. The van der Waals surface area contributed by atoms with E-state index in [-0.39, 0.29) is 0 Å². The van der Waals surface area contributed by atoms with Crippen molar-refractivity contribution in [2.24, 2.45) is 0 Å². The molecule has 9 aromatic rings. The van der Waals surface area contributed by atoms with Gasteiger partial charge in [0.05, 0.1) is 50.7 Å². The molecule has 9 rings (SSSR count). The Bertz CT molecular complexity index is 3590. The molecule has 87 heavy (non-hydrogen) atoms. The monoisotopic (exact) mass is 1250 g/mol. The minimum atomic E-state index is -6.13.